The van der Waals surface area contributed by atoms with E-state index in [-0.39, 0.29) is 23.5 Å². The Morgan fingerprint density at radius 2 is 2.04 bits per heavy atom. The van der Waals surface area contributed by atoms with Gasteiger partial charge in [-0.25, -0.2) is 13.4 Å². The fourth-order valence-electron chi connectivity index (χ4n) is 3.04. The standard InChI is InChI=1S/C14H20N4O4S/c19-13(20)10-2-6-18(7-3-10)12-1-5-15-14(17-12)16-11-4-8-23(21,22)9-11/h1,5,10-11H,2-4,6-9H2,(H,19,20)(H,15,16,17). The molecule has 9 heteroatoms. The van der Waals surface area contributed by atoms with Gasteiger partial charge in [0, 0.05) is 25.3 Å². The summed E-state index contributed by atoms with van der Waals surface area (Å²) in [7, 11) is -2.94. The van der Waals surface area contributed by atoms with Crippen molar-refractivity contribution in [3.05, 3.63) is 12.3 Å². The summed E-state index contributed by atoms with van der Waals surface area (Å²) in [5.41, 5.74) is 0. The quantitative estimate of drug-likeness (QED) is 0.809. The third kappa shape index (κ3) is 3.90. The van der Waals surface area contributed by atoms with Gasteiger partial charge in [-0.05, 0) is 25.3 Å². The molecule has 0 bridgehead atoms. The molecule has 0 aromatic carbocycles. The topological polar surface area (TPSA) is 112 Å². The zero-order valence-electron chi connectivity index (χ0n) is 12.7. The highest BCUT2D eigenvalue weighted by Crippen LogP contribution is 2.23. The fourth-order valence-corrected chi connectivity index (χ4v) is 4.72. The van der Waals surface area contributed by atoms with Crippen molar-refractivity contribution in [2.75, 3.05) is 34.8 Å². The number of carboxylic acid groups (broad SMARTS) is 1. The van der Waals surface area contributed by atoms with E-state index in [0.29, 0.717) is 38.3 Å². The van der Waals surface area contributed by atoms with E-state index < -0.39 is 15.8 Å². The molecule has 8 nitrogen and oxygen atoms in total. The van der Waals surface area contributed by atoms with Gasteiger partial charge in [0.25, 0.3) is 0 Å². The Hall–Kier alpha value is -1.90. The van der Waals surface area contributed by atoms with Gasteiger partial charge >= 0.3 is 5.97 Å². The molecule has 2 aliphatic rings. The molecule has 0 spiro atoms. The summed E-state index contributed by atoms with van der Waals surface area (Å²) in [5, 5.41) is 12.1. The number of hydrogen-bond acceptors (Lipinski definition) is 7. The van der Waals surface area contributed by atoms with Crippen molar-refractivity contribution in [3.63, 3.8) is 0 Å². The first-order valence-corrected chi connectivity index (χ1v) is 9.53. The molecular formula is C14H20N4O4S. The number of aliphatic carboxylic acids is 1. The lowest BCUT2D eigenvalue weighted by Crippen LogP contribution is -2.37. The molecule has 2 saturated heterocycles. The van der Waals surface area contributed by atoms with Crippen LogP contribution < -0.4 is 10.2 Å². The summed E-state index contributed by atoms with van der Waals surface area (Å²) in [6, 6.07) is 1.64. The van der Waals surface area contributed by atoms with E-state index in [4.69, 9.17) is 5.11 Å². The van der Waals surface area contributed by atoms with E-state index in [1.165, 1.54) is 0 Å². The molecule has 2 N–H and O–H groups in total. The smallest absolute Gasteiger partial charge is 0.306 e. The second-order valence-electron chi connectivity index (χ2n) is 6.08. The molecule has 3 rings (SSSR count). The first-order valence-electron chi connectivity index (χ1n) is 7.71. The lowest BCUT2D eigenvalue weighted by atomic mass is 9.97. The molecule has 0 aliphatic carbocycles. The Bertz CT molecular complexity index is 686. The molecule has 3 heterocycles. The van der Waals surface area contributed by atoms with Gasteiger partial charge in [0.1, 0.15) is 5.82 Å². The maximum absolute atomic E-state index is 11.5. The number of piperidine rings is 1. The van der Waals surface area contributed by atoms with E-state index in [0.717, 1.165) is 5.82 Å². The van der Waals surface area contributed by atoms with Crippen LogP contribution in [-0.2, 0) is 14.6 Å². The zero-order valence-corrected chi connectivity index (χ0v) is 13.5. The third-order valence-electron chi connectivity index (χ3n) is 4.37. The number of nitrogens with one attached hydrogen (secondary N) is 1. The third-order valence-corrected chi connectivity index (χ3v) is 6.14. The van der Waals surface area contributed by atoms with Crippen molar-refractivity contribution in [2.45, 2.75) is 25.3 Å². The van der Waals surface area contributed by atoms with Crippen LogP contribution in [0.25, 0.3) is 0 Å². The number of nitrogens with zero attached hydrogens (tertiary/aromatic N) is 3. The van der Waals surface area contributed by atoms with Crippen molar-refractivity contribution in [1.82, 2.24) is 9.97 Å². The largest absolute Gasteiger partial charge is 0.481 e. The van der Waals surface area contributed by atoms with Crippen LogP contribution in [0.4, 0.5) is 11.8 Å². The maximum atomic E-state index is 11.5. The van der Waals surface area contributed by atoms with Gasteiger partial charge in [-0.1, -0.05) is 0 Å². The number of sulfone groups is 1. The SMILES string of the molecule is O=C(O)C1CCN(c2ccnc(NC3CCS(=O)(=O)C3)n2)CC1. The molecule has 126 valence electrons. The Balaban J connectivity index is 1.63. The second kappa shape index (κ2) is 6.31. The van der Waals surface area contributed by atoms with Gasteiger partial charge in [0.05, 0.1) is 17.4 Å². The van der Waals surface area contributed by atoms with Gasteiger partial charge in [0.15, 0.2) is 9.84 Å². The highest BCUT2D eigenvalue weighted by molar-refractivity contribution is 7.91. The summed E-state index contributed by atoms with van der Waals surface area (Å²) >= 11 is 0. The number of rotatable bonds is 4. The first-order chi connectivity index (χ1) is 10.9. The molecule has 0 amide bonds. The molecule has 1 atom stereocenters. The predicted molar refractivity (Wildman–Crippen MR) is 85.3 cm³/mol. The summed E-state index contributed by atoms with van der Waals surface area (Å²) in [4.78, 5) is 21.6. The molecule has 2 aliphatic heterocycles. The second-order valence-corrected chi connectivity index (χ2v) is 8.31. The van der Waals surface area contributed by atoms with E-state index in [2.05, 4.69) is 15.3 Å². The molecule has 23 heavy (non-hydrogen) atoms. The maximum Gasteiger partial charge on any atom is 0.306 e. The minimum absolute atomic E-state index is 0.116. The first kappa shape index (κ1) is 16.0. The Labute approximate surface area is 134 Å². The predicted octanol–water partition coefficient (Wildman–Crippen LogP) is 0.377. The minimum Gasteiger partial charge on any atom is -0.481 e. The average molecular weight is 340 g/mol. The lowest BCUT2D eigenvalue weighted by Gasteiger charge is -2.31. The monoisotopic (exact) mass is 340 g/mol. The van der Waals surface area contributed by atoms with Crippen molar-refractivity contribution < 1.29 is 18.3 Å². The minimum atomic E-state index is -2.94. The molecule has 0 saturated carbocycles. The van der Waals surface area contributed by atoms with Crippen LogP contribution in [0, 0.1) is 5.92 Å². The van der Waals surface area contributed by atoms with Crippen molar-refractivity contribution >= 4 is 27.6 Å². The van der Waals surface area contributed by atoms with Crippen molar-refractivity contribution in [3.8, 4) is 0 Å². The van der Waals surface area contributed by atoms with Gasteiger partial charge in [-0.2, -0.15) is 4.98 Å². The Morgan fingerprint density at radius 3 is 2.65 bits per heavy atom. The molecule has 1 aromatic heterocycles. The van der Waals surface area contributed by atoms with Crippen LogP contribution in [0.2, 0.25) is 0 Å². The van der Waals surface area contributed by atoms with Crippen LogP contribution in [0.5, 0.6) is 0 Å². The highest BCUT2D eigenvalue weighted by atomic mass is 32.2. The van der Waals surface area contributed by atoms with Gasteiger partial charge < -0.3 is 15.3 Å². The van der Waals surface area contributed by atoms with Crippen LogP contribution in [0.15, 0.2) is 12.3 Å². The van der Waals surface area contributed by atoms with Crippen LogP contribution in [0.3, 0.4) is 0 Å². The summed E-state index contributed by atoms with van der Waals surface area (Å²) < 4.78 is 23.0. The van der Waals surface area contributed by atoms with E-state index in [1.54, 1.807) is 12.3 Å². The van der Waals surface area contributed by atoms with Crippen molar-refractivity contribution in [2.24, 2.45) is 5.92 Å². The lowest BCUT2D eigenvalue weighted by molar-refractivity contribution is -0.142. The van der Waals surface area contributed by atoms with Crippen LogP contribution >= 0.6 is 0 Å². The van der Waals surface area contributed by atoms with Gasteiger partial charge in [-0.3, -0.25) is 4.79 Å². The zero-order chi connectivity index (χ0) is 16.4. The number of carboxylic acids is 1. The summed E-state index contributed by atoms with van der Waals surface area (Å²) in [6.45, 7) is 1.29. The fraction of sp³-hybridized carbons (Fsp3) is 0.643. The van der Waals surface area contributed by atoms with Gasteiger partial charge in [0.2, 0.25) is 5.95 Å². The Kier molecular flexibility index (Phi) is 4.38. The number of anilines is 2. The summed E-state index contributed by atoms with van der Waals surface area (Å²) in [5.74, 6) is 0.459. The average Bonchev–Trinajstić information content (AvgIpc) is 2.86. The highest BCUT2D eigenvalue weighted by Gasteiger charge is 2.29. The van der Waals surface area contributed by atoms with Crippen LogP contribution in [0.1, 0.15) is 19.3 Å². The van der Waals surface area contributed by atoms with Crippen LogP contribution in [-0.4, -0.2) is 60.1 Å². The number of carbonyl (C=O) groups is 1. The molecule has 0 radical (unpaired) electrons. The van der Waals surface area contributed by atoms with Gasteiger partial charge in [-0.15, -0.1) is 0 Å². The normalized spacial score (nSPS) is 24.5. The van der Waals surface area contributed by atoms with E-state index >= 15 is 0 Å². The Morgan fingerprint density at radius 1 is 1.30 bits per heavy atom. The van der Waals surface area contributed by atoms with E-state index in [1.807, 2.05) is 4.90 Å². The molecule has 1 unspecified atom stereocenters. The van der Waals surface area contributed by atoms with E-state index in [9.17, 15) is 13.2 Å². The van der Waals surface area contributed by atoms with Crippen molar-refractivity contribution in [1.29, 1.82) is 0 Å². The molecular weight excluding hydrogens is 320 g/mol. The molecule has 2 fully saturated rings. The molecule has 1 aromatic rings. The number of aromatic nitrogens is 2. The number of hydrogen-bond donors (Lipinski definition) is 2. The summed E-state index contributed by atoms with van der Waals surface area (Å²) in [6.07, 6.45) is 3.41.